The molecular formula is C59H46ClFIr5N12O2-4. The van der Waals surface area contributed by atoms with E-state index in [9.17, 15) is 4.39 Å². The van der Waals surface area contributed by atoms with E-state index >= 15 is 0 Å². The summed E-state index contributed by atoms with van der Waals surface area (Å²) in [7, 11) is 4.64. The molecule has 0 saturated carbocycles. The number of pyridine rings is 3. The van der Waals surface area contributed by atoms with Crippen molar-refractivity contribution in [2.75, 3.05) is 0 Å². The molecule has 5 aromatic carbocycles. The number of aromatic nitrogens is 10. The van der Waals surface area contributed by atoms with Gasteiger partial charge in [0.05, 0.1) is 5.69 Å². The van der Waals surface area contributed by atoms with E-state index in [0.29, 0.717) is 0 Å². The van der Waals surface area contributed by atoms with Gasteiger partial charge >= 0.3 is 47.6 Å². The summed E-state index contributed by atoms with van der Waals surface area (Å²) >= 11 is 1.47. The molecular weight excluding hydrogens is 1920 g/mol. The van der Waals surface area contributed by atoms with E-state index in [4.69, 9.17) is 33.3 Å². The molecule has 0 fully saturated rings. The Morgan fingerprint density at radius 3 is 1.35 bits per heavy atom. The van der Waals surface area contributed by atoms with Gasteiger partial charge in [-0.1, -0.05) is 30.3 Å². The first-order chi connectivity index (χ1) is 37.5. The summed E-state index contributed by atoms with van der Waals surface area (Å²) in [6, 6.07) is 71.7. The van der Waals surface area contributed by atoms with Gasteiger partial charge < -0.3 is 43.2 Å². The van der Waals surface area contributed by atoms with Gasteiger partial charge in [0, 0.05) is 109 Å². The summed E-state index contributed by atoms with van der Waals surface area (Å²) in [5.74, 6) is -0.278. The SMILES string of the molecule is Cc1cc(C)n(-c2[c-]cccc2)n1.Fc1c[c-]c(-c2ccccn2)cc1.[C-]#N.[C-]#N.[CH-]=O.[CH-]=O.[Cl][Ir+2].[Ir+3].[Ir].[Ir].[Ir].[c-]1ccccc1-c1ccccn1.[c-]1ccccc1-n1cccn1.[c-]1ccccc1-n1cncn1.c1ccncc1. The Bertz CT molecular complexity index is 2940. The van der Waals surface area contributed by atoms with Crippen molar-refractivity contribution in [1.29, 1.82) is 10.5 Å². The number of hydrogen-bond donors (Lipinski definition) is 0. The van der Waals surface area contributed by atoms with Gasteiger partial charge in [0.25, 0.3) is 0 Å². The molecule has 0 unspecified atom stereocenters. The van der Waals surface area contributed by atoms with E-state index in [1.165, 1.54) is 36.3 Å². The van der Waals surface area contributed by atoms with Crippen LogP contribution in [0.2, 0.25) is 0 Å². The smallest absolute Gasteiger partial charge is 0.305 e. The minimum atomic E-state index is -0.278. The maximum atomic E-state index is 12.6. The van der Waals surface area contributed by atoms with Crippen LogP contribution in [0.15, 0.2) is 232 Å². The molecule has 80 heavy (non-hydrogen) atoms. The first-order valence-electron chi connectivity index (χ1n) is 21.7. The molecule has 0 bridgehead atoms. The van der Waals surface area contributed by atoms with Crippen molar-refractivity contribution in [2.24, 2.45) is 0 Å². The number of rotatable bonds is 5. The average molecular weight is 1970 g/mol. The van der Waals surface area contributed by atoms with Crippen LogP contribution in [0.3, 0.4) is 0 Å². The van der Waals surface area contributed by atoms with Gasteiger partial charge in [-0.3, -0.25) is 32.3 Å². The molecule has 0 aliphatic carbocycles. The second-order valence-corrected chi connectivity index (χ2v) is 13.5. The number of halogens is 2. The Balaban J connectivity index is -0.000000419. The van der Waals surface area contributed by atoms with Crippen LogP contribution in [0.5, 0.6) is 0 Å². The van der Waals surface area contributed by atoms with Crippen LogP contribution in [0.1, 0.15) is 11.4 Å². The zero-order chi connectivity index (χ0) is 55.9. The Labute approximate surface area is 536 Å². The van der Waals surface area contributed by atoms with E-state index < -0.39 is 0 Å². The van der Waals surface area contributed by atoms with E-state index in [2.05, 4.69) is 94.8 Å². The Morgan fingerprint density at radius 2 is 1.00 bits per heavy atom. The molecule has 6 heterocycles. The van der Waals surface area contributed by atoms with Gasteiger partial charge in [0.15, 0.2) is 0 Å². The van der Waals surface area contributed by atoms with Crippen molar-refractivity contribution >= 4 is 23.2 Å². The summed E-state index contributed by atoms with van der Waals surface area (Å²) < 4.78 is 17.9. The fraction of sp³-hybridized carbons (Fsp3) is 0.0339. The number of carbonyl (C=O) groups excluding carboxylic acids is 2. The molecule has 3 radical (unpaired) electrons. The Kier molecular flexibility index (Phi) is 53.5. The van der Waals surface area contributed by atoms with Crippen LogP contribution in [-0.2, 0) is 108 Å². The Hall–Kier alpha value is -7.10. The van der Waals surface area contributed by atoms with E-state index in [-0.39, 0.29) is 86.2 Å². The molecule has 417 valence electrons. The first-order valence-corrected chi connectivity index (χ1v) is 24.7. The first kappa shape index (κ1) is 79.4. The van der Waals surface area contributed by atoms with Crippen molar-refractivity contribution in [2.45, 2.75) is 13.8 Å². The normalized spacial score (nSPS) is 8.26. The summed E-state index contributed by atoms with van der Waals surface area (Å²) in [6.45, 7) is 20.0. The average Bonchev–Trinajstić information content (AvgIpc) is 4.35. The van der Waals surface area contributed by atoms with Gasteiger partial charge in [0.1, 0.15) is 12.7 Å². The maximum absolute atomic E-state index is 12.6. The minimum absolute atomic E-state index is 0. The van der Waals surface area contributed by atoms with Crippen LogP contribution in [0.4, 0.5) is 4.39 Å². The quantitative estimate of drug-likeness (QED) is 0.118. The van der Waals surface area contributed by atoms with Crippen molar-refractivity contribution in [3.8, 4) is 39.6 Å². The molecule has 14 nitrogen and oxygen atoms in total. The zero-order valence-electron chi connectivity index (χ0n) is 42.2. The molecule has 6 aromatic heterocycles. The number of nitrogens with zero attached hydrogens (tertiary/aromatic N) is 12. The number of benzene rings is 5. The maximum Gasteiger partial charge on any atom is 3.00 e. The third-order valence-electron chi connectivity index (χ3n) is 8.66. The van der Waals surface area contributed by atoms with Crippen LogP contribution in [0.25, 0.3) is 39.6 Å². The third-order valence-corrected chi connectivity index (χ3v) is 8.66. The van der Waals surface area contributed by atoms with Crippen molar-refractivity contribution < 1.29 is 112 Å². The van der Waals surface area contributed by atoms with Crippen LogP contribution < -0.4 is 0 Å². The largest absolute Gasteiger partial charge is 3.00 e. The van der Waals surface area contributed by atoms with E-state index in [1.54, 1.807) is 52.7 Å². The van der Waals surface area contributed by atoms with Crippen LogP contribution >= 0.6 is 9.58 Å². The number of para-hydroxylation sites is 3. The van der Waals surface area contributed by atoms with Gasteiger partial charge in [-0.25, -0.2) is 9.67 Å². The molecule has 0 atom stereocenters. The molecule has 0 aliphatic rings. The van der Waals surface area contributed by atoms with Crippen LogP contribution in [0, 0.1) is 73.7 Å². The molecule has 0 N–H and O–H groups in total. The van der Waals surface area contributed by atoms with Crippen molar-refractivity contribution in [3.63, 3.8) is 0 Å². The Morgan fingerprint density at radius 1 is 0.525 bits per heavy atom. The fourth-order valence-corrected chi connectivity index (χ4v) is 5.66. The van der Waals surface area contributed by atoms with Crippen LogP contribution in [-0.4, -0.2) is 62.9 Å². The zero-order valence-corrected chi connectivity index (χ0v) is 54.9. The van der Waals surface area contributed by atoms with Crippen molar-refractivity contribution in [1.82, 2.24) is 49.3 Å². The standard InChI is InChI=1S/C11H7FN.C11H11N2.C11H8N.C9H7N2.C8H6N3.C5H5N.2CN.2CHO.ClH.5Ir/c12-10-6-4-9(5-7-10)11-3-1-2-8-13-11;1-9-8-10(2)13(12-9)11-6-4-3-5-7-11;1-2-6-10(7-3-1)11-8-4-5-9-12-11;1-2-5-9(6-3-1)11-8-4-7-10-11;1-2-4-8(5-3-1)11-7-9-6-10-11;1-2-4-6-5-3-1;4*1-2;;;;;;/h1-4,6-8H;3-6,8H,1-2H3;1-6,8-9H;1-5,7-8H;1-4,6-7H;1-5H;;;2*1H;1H;;;;;/q5*-1;;4*-1;;;;;2*+3/p-1. The third kappa shape index (κ3) is 32.7. The van der Waals surface area contributed by atoms with Crippen molar-refractivity contribution in [3.05, 3.63) is 293 Å². The van der Waals surface area contributed by atoms with Gasteiger partial charge in [-0.15, -0.1) is 83.9 Å². The molecule has 0 saturated heterocycles. The predicted molar refractivity (Wildman–Crippen MR) is 285 cm³/mol. The molecule has 0 aliphatic heterocycles. The fourth-order valence-electron chi connectivity index (χ4n) is 5.66. The monoisotopic (exact) mass is 1970 g/mol. The van der Waals surface area contributed by atoms with Gasteiger partial charge in [-0.2, -0.15) is 88.1 Å². The number of hydrogen-bond acceptors (Lipinski definition) is 11. The summed E-state index contributed by atoms with van der Waals surface area (Å²) in [5, 5.41) is 24.9. The van der Waals surface area contributed by atoms with Gasteiger partial charge in [-0.05, 0) is 78.7 Å². The van der Waals surface area contributed by atoms with Gasteiger partial charge in [0.2, 0.25) is 0 Å². The van der Waals surface area contributed by atoms with E-state index in [1.807, 2.05) is 182 Å². The number of aryl methyl sites for hydroxylation is 2. The molecule has 0 amide bonds. The molecule has 0 spiro atoms. The summed E-state index contributed by atoms with van der Waals surface area (Å²) in [4.78, 5) is 31.5. The summed E-state index contributed by atoms with van der Waals surface area (Å²) in [5.41, 5.74) is 8.67. The topological polar surface area (TPSA) is 187 Å². The molecule has 11 aromatic rings. The molecule has 11 rings (SSSR count). The second kappa shape index (κ2) is 53.9. The predicted octanol–water partition coefficient (Wildman–Crippen LogP) is 11.7. The second-order valence-electron chi connectivity index (χ2n) is 13.5. The minimum Gasteiger partial charge on any atom is -0.305 e. The van der Waals surface area contributed by atoms with E-state index in [0.717, 1.165) is 51.0 Å². The summed E-state index contributed by atoms with van der Waals surface area (Å²) in [6.07, 6.45) is 13.8. The molecule has 21 heteroatoms.